The van der Waals surface area contributed by atoms with Gasteiger partial charge in [-0.3, -0.25) is 0 Å². The fourth-order valence-corrected chi connectivity index (χ4v) is 1.98. The van der Waals surface area contributed by atoms with E-state index >= 15 is 0 Å². The topological polar surface area (TPSA) is 57.7 Å². The molecule has 1 aromatic carbocycles. The normalized spacial score (nSPS) is 10.3. The van der Waals surface area contributed by atoms with Gasteiger partial charge in [0.25, 0.3) is 0 Å². The Morgan fingerprint density at radius 2 is 2.20 bits per heavy atom. The third-order valence-electron chi connectivity index (χ3n) is 2.59. The summed E-state index contributed by atoms with van der Waals surface area (Å²) in [7, 11) is 1.55. The molecule has 2 aromatic rings. The lowest BCUT2D eigenvalue weighted by atomic mass is 10.2. The van der Waals surface area contributed by atoms with E-state index in [1.165, 1.54) is 0 Å². The smallest absolute Gasteiger partial charge is 0.344 e. The van der Waals surface area contributed by atoms with Gasteiger partial charge in [-0.05, 0) is 13.0 Å². The highest BCUT2D eigenvalue weighted by Gasteiger charge is 2.11. The van der Waals surface area contributed by atoms with Crippen molar-refractivity contribution >= 4 is 28.5 Å². The summed E-state index contributed by atoms with van der Waals surface area (Å²) < 4.78 is 15.3. The number of hydrogen-bond acceptors (Lipinski definition) is 5. The maximum atomic E-state index is 11.3. The van der Waals surface area contributed by atoms with Crippen LogP contribution < -0.4 is 9.47 Å². The van der Waals surface area contributed by atoms with Crippen LogP contribution in [0.5, 0.6) is 11.6 Å². The number of halogens is 1. The van der Waals surface area contributed by atoms with Crippen LogP contribution in [0.25, 0.3) is 10.9 Å². The van der Waals surface area contributed by atoms with Gasteiger partial charge in [-0.1, -0.05) is 23.7 Å². The zero-order valence-corrected chi connectivity index (χ0v) is 11.9. The van der Waals surface area contributed by atoms with Gasteiger partial charge in [-0.25, -0.2) is 9.78 Å². The van der Waals surface area contributed by atoms with Gasteiger partial charge in [-0.15, -0.1) is 0 Å². The van der Waals surface area contributed by atoms with Crippen molar-refractivity contribution in [3.05, 3.63) is 29.3 Å². The van der Waals surface area contributed by atoms with Gasteiger partial charge in [0.05, 0.1) is 18.7 Å². The minimum atomic E-state index is -0.453. The van der Waals surface area contributed by atoms with Crippen molar-refractivity contribution in [2.75, 3.05) is 20.3 Å². The van der Waals surface area contributed by atoms with E-state index in [1.54, 1.807) is 26.2 Å². The van der Waals surface area contributed by atoms with Crippen LogP contribution in [-0.4, -0.2) is 31.3 Å². The highest BCUT2D eigenvalue weighted by Crippen LogP contribution is 2.31. The summed E-state index contributed by atoms with van der Waals surface area (Å²) in [4.78, 5) is 15.6. The minimum Gasteiger partial charge on any atom is -0.494 e. The summed E-state index contributed by atoms with van der Waals surface area (Å²) in [5, 5.41) is 1.24. The van der Waals surface area contributed by atoms with Gasteiger partial charge in [0.15, 0.2) is 6.61 Å². The molecule has 0 spiro atoms. The van der Waals surface area contributed by atoms with Crippen LogP contribution >= 0.6 is 11.6 Å². The number of benzene rings is 1. The number of methoxy groups -OCH3 is 1. The highest BCUT2D eigenvalue weighted by molar-refractivity contribution is 6.35. The Labute approximate surface area is 121 Å². The van der Waals surface area contributed by atoms with Crippen LogP contribution in [0.3, 0.4) is 0 Å². The van der Waals surface area contributed by atoms with Crippen LogP contribution in [0.4, 0.5) is 0 Å². The average Bonchev–Trinajstić information content (AvgIpc) is 2.45. The average molecular weight is 296 g/mol. The van der Waals surface area contributed by atoms with Gasteiger partial charge in [-0.2, -0.15) is 0 Å². The summed E-state index contributed by atoms with van der Waals surface area (Å²) in [6.45, 7) is 1.83. The molecule has 0 aliphatic heterocycles. The van der Waals surface area contributed by atoms with Crippen LogP contribution in [0.1, 0.15) is 6.92 Å². The Balaban J connectivity index is 2.29. The maximum Gasteiger partial charge on any atom is 0.344 e. The van der Waals surface area contributed by atoms with E-state index in [9.17, 15) is 4.79 Å². The lowest BCUT2D eigenvalue weighted by Crippen LogP contribution is -2.15. The predicted octanol–water partition coefficient (Wildman–Crippen LogP) is 2.84. The van der Waals surface area contributed by atoms with Crippen molar-refractivity contribution in [1.29, 1.82) is 0 Å². The Bertz CT molecular complexity index is 630. The molecule has 1 aromatic heterocycles. The number of nitrogens with zero attached hydrogens (tertiary/aromatic N) is 1. The van der Waals surface area contributed by atoms with Crippen molar-refractivity contribution in [3.63, 3.8) is 0 Å². The molecule has 106 valence electrons. The molecular weight excluding hydrogens is 282 g/mol. The summed E-state index contributed by atoms with van der Waals surface area (Å²) >= 11 is 6.18. The molecule has 0 radical (unpaired) electrons. The number of rotatable bonds is 5. The van der Waals surface area contributed by atoms with E-state index in [0.717, 1.165) is 5.39 Å². The molecule has 20 heavy (non-hydrogen) atoms. The van der Waals surface area contributed by atoms with Crippen molar-refractivity contribution in [2.45, 2.75) is 6.92 Å². The lowest BCUT2D eigenvalue weighted by Gasteiger charge is -2.09. The lowest BCUT2D eigenvalue weighted by molar-refractivity contribution is -0.145. The quantitative estimate of drug-likeness (QED) is 0.794. The van der Waals surface area contributed by atoms with Crippen LogP contribution in [0.2, 0.25) is 5.02 Å². The largest absolute Gasteiger partial charge is 0.494 e. The van der Waals surface area contributed by atoms with Crippen LogP contribution in [0.15, 0.2) is 24.3 Å². The Hall–Kier alpha value is -2.01. The van der Waals surface area contributed by atoms with E-state index in [1.807, 2.05) is 12.1 Å². The van der Waals surface area contributed by atoms with Gasteiger partial charge in [0.1, 0.15) is 11.3 Å². The molecular formula is C14H14ClNO4. The zero-order valence-electron chi connectivity index (χ0n) is 11.2. The second kappa shape index (κ2) is 6.43. The molecule has 0 N–H and O–H groups in total. The number of pyridine rings is 1. The Kier molecular flexibility index (Phi) is 4.63. The first kappa shape index (κ1) is 14.4. The summed E-state index contributed by atoms with van der Waals surface area (Å²) in [5.74, 6) is 0.386. The molecule has 0 fully saturated rings. The molecule has 0 saturated heterocycles. The van der Waals surface area contributed by atoms with Gasteiger partial charge in [0, 0.05) is 11.5 Å². The molecule has 6 heteroatoms. The van der Waals surface area contributed by atoms with E-state index in [2.05, 4.69) is 4.98 Å². The zero-order chi connectivity index (χ0) is 14.5. The molecule has 2 rings (SSSR count). The summed E-state index contributed by atoms with van der Waals surface area (Å²) in [6, 6.07) is 7.00. The highest BCUT2D eigenvalue weighted by atomic mass is 35.5. The van der Waals surface area contributed by atoms with Crippen molar-refractivity contribution in [1.82, 2.24) is 4.98 Å². The third-order valence-corrected chi connectivity index (χ3v) is 2.90. The molecule has 0 saturated carbocycles. The first-order chi connectivity index (χ1) is 9.65. The van der Waals surface area contributed by atoms with E-state index in [4.69, 9.17) is 25.8 Å². The second-order valence-corrected chi connectivity index (χ2v) is 4.30. The van der Waals surface area contributed by atoms with Gasteiger partial charge < -0.3 is 14.2 Å². The molecule has 0 amide bonds. The molecule has 0 unspecified atom stereocenters. The van der Waals surface area contributed by atoms with Crippen LogP contribution in [0, 0.1) is 0 Å². The van der Waals surface area contributed by atoms with Crippen molar-refractivity contribution in [2.24, 2.45) is 0 Å². The molecule has 0 aliphatic carbocycles. The number of carbonyl (C=O) groups is 1. The van der Waals surface area contributed by atoms with Crippen molar-refractivity contribution in [3.8, 4) is 11.6 Å². The number of para-hydroxylation sites is 1. The van der Waals surface area contributed by atoms with Gasteiger partial charge >= 0.3 is 5.97 Å². The fourth-order valence-electron chi connectivity index (χ4n) is 1.73. The number of fused-ring (bicyclic) bond motifs is 1. The molecule has 0 aliphatic rings. The molecule has 0 atom stereocenters. The Morgan fingerprint density at radius 1 is 1.40 bits per heavy atom. The van der Waals surface area contributed by atoms with E-state index < -0.39 is 5.97 Å². The van der Waals surface area contributed by atoms with Crippen LogP contribution in [-0.2, 0) is 9.53 Å². The van der Waals surface area contributed by atoms with Crippen molar-refractivity contribution < 1.29 is 19.0 Å². The maximum absolute atomic E-state index is 11.3. The minimum absolute atomic E-state index is 0.210. The van der Waals surface area contributed by atoms with E-state index in [0.29, 0.717) is 22.9 Å². The molecule has 0 bridgehead atoms. The number of aromatic nitrogens is 1. The summed E-state index contributed by atoms with van der Waals surface area (Å²) in [5.41, 5.74) is 0.585. The molecule has 5 nitrogen and oxygen atoms in total. The standard InChI is InChI=1S/C14H14ClNO4/c1-3-19-13(17)8-20-12-7-10(15)9-5-4-6-11(18-2)14(9)16-12/h4-7H,3,8H2,1-2H3. The number of esters is 1. The Morgan fingerprint density at radius 3 is 2.90 bits per heavy atom. The monoisotopic (exact) mass is 295 g/mol. The number of carbonyl (C=O) groups excluding carboxylic acids is 1. The number of ether oxygens (including phenoxy) is 3. The molecule has 1 heterocycles. The second-order valence-electron chi connectivity index (χ2n) is 3.89. The fraction of sp³-hybridized carbons (Fsp3) is 0.286. The summed E-state index contributed by atoms with van der Waals surface area (Å²) in [6.07, 6.45) is 0. The third kappa shape index (κ3) is 3.11. The first-order valence-corrected chi connectivity index (χ1v) is 6.45. The predicted molar refractivity (Wildman–Crippen MR) is 75.4 cm³/mol. The SMILES string of the molecule is CCOC(=O)COc1cc(Cl)c2cccc(OC)c2n1. The number of hydrogen-bond donors (Lipinski definition) is 0. The first-order valence-electron chi connectivity index (χ1n) is 6.07. The van der Waals surface area contributed by atoms with E-state index in [-0.39, 0.29) is 12.5 Å². The van der Waals surface area contributed by atoms with Gasteiger partial charge in [0.2, 0.25) is 5.88 Å².